The number of aliphatic hydroxyl groups is 1. The van der Waals surface area contributed by atoms with Gasteiger partial charge in [0.05, 0.1) is 5.70 Å². The Morgan fingerprint density at radius 3 is 2.52 bits per heavy atom. The normalized spacial score (nSPS) is 14.4. The third-order valence-corrected chi connectivity index (χ3v) is 3.63. The van der Waals surface area contributed by atoms with Crippen molar-refractivity contribution in [1.82, 2.24) is 10.4 Å². The fourth-order valence-corrected chi connectivity index (χ4v) is 2.26. The van der Waals surface area contributed by atoms with Crippen LogP contribution in [0.3, 0.4) is 0 Å². The second-order valence-corrected chi connectivity index (χ2v) is 5.25. The third kappa shape index (κ3) is 3.59. The minimum absolute atomic E-state index is 0.0547. The molecule has 1 aliphatic heterocycles. The molecule has 118 valence electrons. The van der Waals surface area contributed by atoms with Gasteiger partial charge in [-0.25, -0.2) is 4.79 Å². The highest BCUT2D eigenvalue weighted by Crippen LogP contribution is 2.19. The molecule has 23 heavy (non-hydrogen) atoms. The summed E-state index contributed by atoms with van der Waals surface area (Å²) in [5, 5.41) is 11.2. The fraction of sp³-hybridized carbons (Fsp3) is 0.167. The van der Waals surface area contributed by atoms with Crippen molar-refractivity contribution in [2.45, 2.75) is 20.8 Å². The van der Waals surface area contributed by atoms with Crippen molar-refractivity contribution in [3.63, 3.8) is 0 Å². The standard InChI is InChI=1S/C18H18N2O3/c1-12-5-4-6-13(2)16(12)7-8-17(22)19-20-10-9-15(11-21)18(23)14(20)3/h4-10,23H,1-3H3,(H,19,22)/b8-7+. The molecular formula is C18H18N2O3. The Bertz CT molecular complexity index is 761. The van der Waals surface area contributed by atoms with Gasteiger partial charge in [-0.15, -0.1) is 0 Å². The zero-order valence-electron chi connectivity index (χ0n) is 13.3. The van der Waals surface area contributed by atoms with E-state index in [1.807, 2.05) is 32.0 Å². The summed E-state index contributed by atoms with van der Waals surface area (Å²) in [4.78, 5) is 22.7. The minimum atomic E-state index is -0.344. The smallest absolute Gasteiger partial charge is 0.262 e. The zero-order chi connectivity index (χ0) is 17.0. The molecule has 1 aliphatic rings. The van der Waals surface area contributed by atoms with Crippen molar-refractivity contribution in [3.05, 3.63) is 70.3 Å². The molecule has 0 saturated carbocycles. The maximum absolute atomic E-state index is 12.0. The van der Waals surface area contributed by atoms with Crippen LogP contribution in [-0.4, -0.2) is 22.0 Å². The number of carbonyl (C=O) groups is 1. The van der Waals surface area contributed by atoms with E-state index in [-0.39, 0.29) is 17.2 Å². The Labute approximate surface area is 134 Å². The van der Waals surface area contributed by atoms with E-state index in [2.05, 4.69) is 5.43 Å². The second kappa shape index (κ2) is 6.81. The number of nitrogens with zero attached hydrogens (tertiary/aromatic N) is 1. The number of hydrazine groups is 1. The number of rotatable bonds is 3. The van der Waals surface area contributed by atoms with E-state index in [1.54, 1.807) is 18.9 Å². The summed E-state index contributed by atoms with van der Waals surface area (Å²) in [7, 11) is 0. The first-order valence-corrected chi connectivity index (χ1v) is 7.11. The van der Waals surface area contributed by atoms with E-state index in [0.29, 0.717) is 5.70 Å². The number of hydrogen-bond acceptors (Lipinski definition) is 4. The van der Waals surface area contributed by atoms with E-state index in [4.69, 9.17) is 0 Å². The predicted octanol–water partition coefficient (Wildman–Crippen LogP) is 2.72. The molecule has 0 saturated heterocycles. The van der Waals surface area contributed by atoms with Crippen LogP contribution in [0.15, 0.2) is 53.6 Å². The van der Waals surface area contributed by atoms with Gasteiger partial charge in [0, 0.05) is 12.3 Å². The van der Waals surface area contributed by atoms with E-state index in [1.165, 1.54) is 23.4 Å². The number of nitrogens with one attached hydrogen (secondary N) is 1. The summed E-state index contributed by atoms with van der Waals surface area (Å²) in [6.45, 7) is 5.55. The van der Waals surface area contributed by atoms with Crippen LogP contribution in [0.25, 0.3) is 6.08 Å². The third-order valence-electron chi connectivity index (χ3n) is 3.63. The number of aryl methyl sites for hydroxylation is 2. The van der Waals surface area contributed by atoms with Gasteiger partial charge in [-0.2, -0.15) is 0 Å². The Hall–Kier alpha value is -3.04. The van der Waals surface area contributed by atoms with Crippen LogP contribution in [0.4, 0.5) is 0 Å². The summed E-state index contributed by atoms with van der Waals surface area (Å²) < 4.78 is 0. The van der Waals surface area contributed by atoms with Gasteiger partial charge < -0.3 is 5.11 Å². The highest BCUT2D eigenvalue weighted by atomic mass is 16.3. The first kappa shape index (κ1) is 16.3. The second-order valence-electron chi connectivity index (χ2n) is 5.25. The maximum Gasteiger partial charge on any atom is 0.262 e. The SMILES string of the molecule is CC1=C(O)C(=C=O)C=CN1NC(=O)/C=C/c1c(C)cccc1C. The lowest BCUT2D eigenvalue weighted by molar-refractivity contribution is -0.119. The summed E-state index contributed by atoms with van der Waals surface area (Å²) in [6, 6.07) is 5.93. The van der Waals surface area contributed by atoms with Crippen LogP contribution in [0, 0.1) is 13.8 Å². The van der Waals surface area contributed by atoms with Crippen LogP contribution in [0.2, 0.25) is 0 Å². The van der Waals surface area contributed by atoms with Gasteiger partial charge in [0.1, 0.15) is 11.5 Å². The van der Waals surface area contributed by atoms with Crippen molar-refractivity contribution in [3.8, 4) is 0 Å². The van der Waals surface area contributed by atoms with Crippen LogP contribution in [0.1, 0.15) is 23.6 Å². The van der Waals surface area contributed by atoms with Crippen LogP contribution in [0.5, 0.6) is 0 Å². The Morgan fingerprint density at radius 1 is 1.26 bits per heavy atom. The number of allylic oxidation sites excluding steroid dienone is 2. The molecule has 1 heterocycles. The lowest BCUT2D eigenvalue weighted by Gasteiger charge is -2.24. The number of amides is 1. The first-order chi connectivity index (χ1) is 10.9. The number of aliphatic hydroxyl groups excluding tert-OH is 1. The van der Waals surface area contributed by atoms with E-state index in [9.17, 15) is 14.7 Å². The maximum atomic E-state index is 12.0. The molecule has 0 unspecified atom stereocenters. The monoisotopic (exact) mass is 310 g/mol. The number of benzene rings is 1. The molecule has 5 nitrogen and oxygen atoms in total. The van der Waals surface area contributed by atoms with Gasteiger partial charge >= 0.3 is 0 Å². The highest BCUT2D eigenvalue weighted by Gasteiger charge is 2.17. The molecule has 0 bridgehead atoms. The average Bonchev–Trinajstić information content (AvgIpc) is 2.51. The molecule has 1 aromatic rings. The Kier molecular flexibility index (Phi) is 4.84. The van der Waals surface area contributed by atoms with Crippen LogP contribution >= 0.6 is 0 Å². The zero-order valence-corrected chi connectivity index (χ0v) is 13.3. The molecule has 1 aromatic carbocycles. The molecule has 0 spiro atoms. The Balaban J connectivity index is 2.12. The molecular weight excluding hydrogens is 292 g/mol. The highest BCUT2D eigenvalue weighted by molar-refractivity contribution is 5.92. The minimum Gasteiger partial charge on any atom is -0.505 e. The molecule has 2 rings (SSSR count). The lowest BCUT2D eigenvalue weighted by Crippen LogP contribution is -2.38. The topological polar surface area (TPSA) is 69.6 Å². The molecule has 5 heteroatoms. The van der Waals surface area contributed by atoms with Gasteiger partial charge in [0.25, 0.3) is 5.91 Å². The fourth-order valence-electron chi connectivity index (χ4n) is 2.26. The van der Waals surface area contributed by atoms with Gasteiger partial charge in [0.2, 0.25) is 0 Å². The summed E-state index contributed by atoms with van der Waals surface area (Å²) in [6.07, 6.45) is 6.05. The molecule has 0 radical (unpaired) electrons. The first-order valence-electron chi connectivity index (χ1n) is 7.11. The predicted molar refractivity (Wildman–Crippen MR) is 88.6 cm³/mol. The average molecular weight is 310 g/mol. The molecule has 2 N–H and O–H groups in total. The number of carbonyl (C=O) groups excluding carboxylic acids is 2. The molecule has 0 aromatic heterocycles. The lowest BCUT2D eigenvalue weighted by atomic mass is 10.0. The van der Waals surface area contributed by atoms with Gasteiger partial charge in [-0.1, -0.05) is 18.2 Å². The van der Waals surface area contributed by atoms with Crippen LogP contribution < -0.4 is 5.43 Å². The Morgan fingerprint density at radius 2 is 1.91 bits per heavy atom. The van der Waals surface area contributed by atoms with Gasteiger partial charge in [0.15, 0.2) is 5.76 Å². The van der Waals surface area contributed by atoms with E-state index in [0.717, 1.165) is 16.7 Å². The van der Waals surface area contributed by atoms with Crippen molar-refractivity contribution in [2.24, 2.45) is 0 Å². The van der Waals surface area contributed by atoms with Crippen molar-refractivity contribution in [1.29, 1.82) is 0 Å². The van der Waals surface area contributed by atoms with Crippen molar-refractivity contribution >= 4 is 17.9 Å². The molecule has 0 aliphatic carbocycles. The van der Waals surface area contributed by atoms with E-state index < -0.39 is 0 Å². The summed E-state index contributed by atoms with van der Waals surface area (Å²) in [5.41, 5.74) is 6.18. The van der Waals surface area contributed by atoms with E-state index >= 15 is 0 Å². The largest absolute Gasteiger partial charge is 0.505 e. The molecule has 0 atom stereocenters. The quantitative estimate of drug-likeness (QED) is 0.665. The van der Waals surface area contributed by atoms with Gasteiger partial charge in [-0.3, -0.25) is 15.2 Å². The van der Waals surface area contributed by atoms with Crippen molar-refractivity contribution in [2.75, 3.05) is 0 Å². The van der Waals surface area contributed by atoms with Gasteiger partial charge in [-0.05, 0) is 49.6 Å². The number of hydrogen-bond donors (Lipinski definition) is 2. The summed E-state index contributed by atoms with van der Waals surface area (Å²) >= 11 is 0. The summed E-state index contributed by atoms with van der Waals surface area (Å²) in [5.74, 6) is 1.08. The molecule has 0 fully saturated rings. The van der Waals surface area contributed by atoms with Crippen molar-refractivity contribution < 1.29 is 14.7 Å². The van der Waals surface area contributed by atoms with Crippen LogP contribution in [-0.2, 0) is 9.59 Å². The molecule has 1 amide bonds.